The maximum absolute atomic E-state index is 13.5. The predicted molar refractivity (Wildman–Crippen MR) is 124 cm³/mol. The fraction of sp³-hybridized carbons (Fsp3) is 0.227. The van der Waals surface area contributed by atoms with Crippen LogP contribution in [0.5, 0.6) is 0 Å². The molecule has 12 heteroatoms. The van der Waals surface area contributed by atoms with Gasteiger partial charge in [-0.3, -0.25) is 4.68 Å². The third-order valence-electron chi connectivity index (χ3n) is 5.29. The number of rotatable bonds is 5. The van der Waals surface area contributed by atoms with Crippen LogP contribution < -0.4 is 5.32 Å². The molecule has 1 aromatic carbocycles. The van der Waals surface area contributed by atoms with E-state index in [1.54, 1.807) is 27.8 Å². The molecule has 0 bridgehead atoms. The standard InChI is InChI=1S/C22H19F3N8S/c1-4-26-17-9-12(18-13(10-28-33(18)3)20-31-27-11-32(20)2)8-16(29-17)21-30-15-7-5-6-14(19(15)34-21)22(23,24)25/h5-11H,4H2,1-3H3,(H,26,29). The molecule has 0 fully saturated rings. The van der Waals surface area contributed by atoms with Gasteiger partial charge in [0, 0.05) is 26.2 Å². The minimum absolute atomic E-state index is 0.0857. The lowest BCUT2D eigenvalue weighted by Crippen LogP contribution is -2.04. The number of hydrogen-bond donors (Lipinski definition) is 1. The van der Waals surface area contributed by atoms with Crippen molar-refractivity contribution >= 4 is 27.4 Å². The van der Waals surface area contributed by atoms with Gasteiger partial charge in [0.15, 0.2) is 5.82 Å². The molecule has 0 aliphatic heterocycles. The fourth-order valence-electron chi connectivity index (χ4n) is 3.80. The van der Waals surface area contributed by atoms with Crippen molar-refractivity contribution in [1.82, 2.24) is 34.5 Å². The van der Waals surface area contributed by atoms with E-state index < -0.39 is 11.7 Å². The predicted octanol–water partition coefficient (Wildman–Crippen LogP) is 5.00. The van der Waals surface area contributed by atoms with Crippen LogP contribution in [0.15, 0.2) is 42.9 Å². The van der Waals surface area contributed by atoms with E-state index in [0.29, 0.717) is 28.9 Å². The number of aromatic nitrogens is 7. The third-order valence-corrected chi connectivity index (χ3v) is 6.41. The molecule has 4 aromatic heterocycles. The average Bonchev–Trinajstić information content (AvgIpc) is 3.50. The molecule has 1 N–H and O–H groups in total. The van der Waals surface area contributed by atoms with Crippen LogP contribution in [0.4, 0.5) is 19.0 Å². The number of nitrogens with one attached hydrogen (secondary N) is 1. The van der Waals surface area contributed by atoms with Crippen molar-refractivity contribution in [3.8, 4) is 33.3 Å². The van der Waals surface area contributed by atoms with Gasteiger partial charge in [0.1, 0.15) is 22.8 Å². The van der Waals surface area contributed by atoms with Gasteiger partial charge in [-0.2, -0.15) is 18.3 Å². The van der Waals surface area contributed by atoms with Crippen molar-refractivity contribution in [3.63, 3.8) is 0 Å². The van der Waals surface area contributed by atoms with Crippen LogP contribution >= 0.6 is 11.3 Å². The highest BCUT2D eigenvalue weighted by molar-refractivity contribution is 7.21. The van der Waals surface area contributed by atoms with Crippen LogP contribution in [0, 0.1) is 0 Å². The number of pyridine rings is 1. The molecule has 5 rings (SSSR count). The summed E-state index contributed by atoms with van der Waals surface area (Å²) in [6.45, 7) is 2.56. The zero-order valence-corrected chi connectivity index (χ0v) is 19.2. The first-order chi connectivity index (χ1) is 16.3. The molecule has 174 valence electrons. The molecule has 8 nitrogen and oxygen atoms in total. The Morgan fingerprint density at radius 2 is 1.94 bits per heavy atom. The number of thiazole rings is 1. The first-order valence-corrected chi connectivity index (χ1v) is 11.2. The minimum Gasteiger partial charge on any atom is -0.370 e. The van der Waals surface area contributed by atoms with Gasteiger partial charge in [-0.25, -0.2) is 9.97 Å². The van der Waals surface area contributed by atoms with E-state index in [9.17, 15) is 13.2 Å². The molecule has 0 unspecified atom stereocenters. The van der Waals surface area contributed by atoms with Gasteiger partial charge >= 0.3 is 6.18 Å². The molecular formula is C22H19F3N8S. The summed E-state index contributed by atoms with van der Waals surface area (Å²) < 4.78 is 44.2. The van der Waals surface area contributed by atoms with Crippen LogP contribution in [-0.2, 0) is 20.3 Å². The monoisotopic (exact) mass is 484 g/mol. The summed E-state index contributed by atoms with van der Waals surface area (Å²) in [7, 11) is 3.66. The Bertz CT molecular complexity index is 1500. The third kappa shape index (κ3) is 3.79. The maximum Gasteiger partial charge on any atom is 0.417 e. The van der Waals surface area contributed by atoms with Gasteiger partial charge in [-0.15, -0.1) is 21.5 Å². The molecule has 0 amide bonds. The lowest BCUT2D eigenvalue weighted by Gasteiger charge is -2.11. The number of benzene rings is 1. The van der Waals surface area contributed by atoms with Crippen molar-refractivity contribution in [2.24, 2.45) is 14.1 Å². The molecule has 0 radical (unpaired) electrons. The van der Waals surface area contributed by atoms with Gasteiger partial charge in [-0.05, 0) is 31.2 Å². The van der Waals surface area contributed by atoms with Crippen molar-refractivity contribution in [3.05, 3.63) is 48.4 Å². The van der Waals surface area contributed by atoms with Gasteiger partial charge in [0.05, 0.1) is 33.2 Å². The molecule has 0 atom stereocenters. The van der Waals surface area contributed by atoms with Crippen LogP contribution in [0.25, 0.3) is 43.6 Å². The minimum atomic E-state index is -4.47. The molecule has 4 heterocycles. The number of nitrogens with zero attached hydrogens (tertiary/aromatic N) is 7. The van der Waals surface area contributed by atoms with Crippen LogP contribution in [0.1, 0.15) is 12.5 Å². The van der Waals surface area contributed by atoms with Gasteiger partial charge < -0.3 is 9.88 Å². The van der Waals surface area contributed by atoms with Crippen LogP contribution in [0.2, 0.25) is 0 Å². The molecule has 0 spiro atoms. The summed E-state index contributed by atoms with van der Waals surface area (Å²) in [6.07, 6.45) is -1.15. The second-order valence-corrected chi connectivity index (χ2v) is 8.62. The highest BCUT2D eigenvalue weighted by Gasteiger charge is 2.33. The number of halogens is 3. The van der Waals surface area contributed by atoms with Crippen molar-refractivity contribution in [2.45, 2.75) is 13.1 Å². The number of alkyl halides is 3. The molecule has 0 saturated heterocycles. The van der Waals surface area contributed by atoms with E-state index in [0.717, 1.165) is 34.2 Å². The first kappa shape index (κ1) is 22.0. The summed E-state index contributed by atoms with van der Waals surface area (Å²) in [4.78, 5) is 9.09. The molecular weight excluding hydrogens is 465 g/mol. The summed E-state index contributed by atoms with van der Waals surface area (Å²) in [5, 5.41) is 16.1. The summed E-state index contributed by atoms with van der Waals surface area (Å²) in [5.74, 6) is 1.22. The quantitative estimate of drug-likeness (QED) is 0.378. The SMILES string of the molecule is CCNc1cc(-c2c(-c3nncn3C)cnn2C)cc(-c2nc3cccc(C(F)(F)F)c3s2)n1. The second-order valence-electron chi connectivity index (χ2n) is 7.62. The zero-order chi connectivity index (χ0) is 24.0. The largest absolute Gasteiger partial charge is 0.417 e. The van der Waals surface area contributed by atoms with Gasteiger partial charge in [0.2, 0.25) is 0 Å². The summed E-state index contributed by atoms with van der Waals surface area (Å²) in [6, 6.07) is 7.69. The van der Waals surface area contributed by atoms with E-state index in [-0.39, 0.29) is 10.2 Å². The highest BCUT2D eigenvalue weighted by Crippen LogP contribution is 2.41. The Hall–Kier alpha value is -3.80. The zero-order valence-electron chi connectivity index (χ0n) is 18.4. The lowest BCUT2D eigenvalue weighted by atomic mass is 10.1. The Balaban J connectivity index is 1.70. The molecule has 34 heavy (non-hydrogen) atoms. The number of anilines is 1. The van der Waals surface area contributed by atoms with E-state index in [4.69, 9.17) is 0 Å². The van der Waals surface area contributed by atoms with Crippen LogP contribution in [-0.4, -0.2) is 41.1 Å². The highest BCUT2D eigenvalue weighted by atomic mass is 32.1. The average molecular weight is 485 g/mol. The fourth-order valence-corrected chi connectivity index (χ4v) is 4.86. The number of aryl methyl sites for hydroxylation is 2. The molecule has 0 saturated carbocycles. The molecule has 0 aliphatic carbocycles. The first-order valence-electron chi connectivity index (χ1n) is 10.4. The molecule has 5 aromatic rings. The Kier molecular flexibility index (Phi) is 5.31. The second kappa shape index (κ2) is 8.20. The topological polar surface area (TPSA) is 86.3 Å². The number of hydrogen-bond acceptors (Lipinski definition) is 7. The van der Waals surface area contributed by atoms with E-state index in [1.165, 1.54) is 6.07 Å². The van der Waals surface area contributed by atoms with E-state index in [2.05, 4.69) is 30.6 Å². The smallest absolute Gasteiger partial charge is 0.370 e. The van der Waals surface area contributed by atoms with Gasteiger partial charge in [-0.1, -0.05) is 6.07 Å². The Morgan fingerprint density at radius 3 is 2.65 bits per heavy atom. The summed E-state index contributed by atoms with van der Waals surface area (Å²) in [5.41, 5.74) is 2.37. The Morgan fingerprint density at radius 1 is 1.12 bits per heavy atom. The van der Waals surface area contributed by atoms with Crippen molar-refractivity contribution in [2.75, 3.05) is 11.9 Å². The Labute approximate surface area is 196 Å². The van der Waals surface area contributed by atoms with Crippen molar-refractivity contribution in [1.29, 1.82) is 0 Å². The van der Waals surface area contributed by atoms with E-state index >= 15 is 0 Å². The van der Waals surface area contributed by atoms with Gasteiger partial charge in [0.25, 0.3) is 0 Å². The van der Waals surface area contributed by atoms with Crippen molar-refractivity contribution < 1.29 is 13.2 Å². The number of fused-ring (bicyclic) bond motifs is 1. The van der Waals surface area contributed by atoms with Crippen LogP contribution in [0.3, 0.4) is 0 Å². The van der Waals surface area contributed by atoms with E-state index in [1.807, 2.05) is 33.2 Å². The maximum atomic E-state index is 13.5. The summed E-state index contributed by atoms with van der Waals surface area (Å²) >= 11 is 0.975. The normalized spacial score (nSPS) is 11.9. The molecule has 0 aliphatic rings. The lowest BCUT2D eigenvalue weighted by molar-refractivity contribution is -0.136.